The molecule has 1 saturated heterocycles. The Hall–Kier alpha value is -1.73. The second kappa shape index (κ2) is 12.2. The maximum atomic E-state index is 14.3. The fraction of sp³-hybridized carbons (Fsp3) is 0.500. The van der Waals surface area contributed by atoms with Crippen LogP contribution in [0.25, 0.3) is 0 Å². The fourth-order valence-electron chi connectivity index (χ4n) is 5.11. The normalized spacial score (nSPS) is 24.0. The van der Waals surface area contributed by atoms with Crippen LogP contribution in [0.3, 0.4) is 0 Å². The average Bonchev–Trinajstić information content (AvgIpc) is 2.84. The molecule has 0 bridgehead atoms. The van der Waals surface area contributed by atoms with Crippen LogP contribution in [-0.2, 0) is 25.5 Å². The Bertz CT molecular complexity index is 1060. The number of benzene rings is 2. The van der Waals surface area contributed by atoms with Crippen molar-refractivity contribution in [3.05, 3.63) is 69.7 Å². The van der Waals surface area contributed by atoms with Crippen molar-refractivity contribution in [2.75, 3.05) is 12.9 Å². The number of piperidine rings is 1. The van der Waals surface area contributed by atoms with Crippen LogP contribution < -0.4 is 0 Å². The summed E-state index contributed by atoms with van der Waals surface area (Å²) in [4.78, 5) is 28.7. The van der Waals surface area contributed by atoms with Crippen molar-refractivity contribution in [2.24, 2.45) is 5.41 Å². The number of ether oxygens (including phenoxy) is 1. The number of hydrogen-bond acceptors (Lipinski definition) is 4. The van der Waals surface area contributed by atoms with Crippen molar-refractivity contribution in [1.29, 1.82) is 0 Å². The van der Waals surface area contributed by atoms with Gasteiger partial charge in [0.2, 0.25) is 5.91 Å². The van der Waals surface area contributed by atoms with Crippen LogP contribution in [0.5, 0.6) is 0 Å². The van der Waals surface area contributed by atoms with Gasteiger partial charge in [0.1, 0.15) is 11.0 Å². The second-order valence-corrected chi connectivity index (χ2v) is 13.0. The molecule has 1 fully saturated rings. The Kier molecular flexibility index (Phi) is 9.78. The third-order valence-corrected chi connectivity index (χ3v) is 9.35. The Morgan fingerprint density at radius 2 is 1.83 bits per heavy atom. The molecule has 196 valence electrons. The Morgan fingerprint density at radius 1 is 1.17 bits per heavy atom. The first kappa shape index (κ1) is 28.8. The number of likely N-dealkylation sites (tertiary alicyclic amines) is 1. The minimum Gasteiger partial charge on any atom is -0.616 e. The third-order valence-electron chi connectivity index (χ3n) is 7.10. The predicted octanol–water partition coefficient (Wildman–Crippen LogP) is 6.56. The molecule has 2 aromatic carbocycles. The maximum Gasteiger partial charge on any atom is 0.306 e. The van der Waals surface area contributed by atoms with Crippen LogP contribution in [0.1, 0.15) is 70.0 Å². The van der Waals surface area contributed by atoms with Crippen LogP contribution in [0.4, 0.5) is 0 Å². The van der Waals surface area contributed by atoms with E-state index in [1.54, 1.807) is 0 Å². The Labute approximate surface area is 227 Å². The molecular formula is C28H35Cl2NO4S. The lowest BCUT2D eigenvalue weighted by molar-refractivity contribution is -0.161. The molecule has 5 atom stereocenters. The minimum absolute atomic E-state index is 0.0295. The van der Waals surface area contributed by atoms with Crippen LogP contribution in [0, 0.1) is 5.41 Å². The van der Waals surface area contributed by atoms with E-state index in [1.807, 2.05) is 81.1 Å². The summed E-state index contributed by atoms with van der Waals surface area (Å²) in [6.07, 6.45) is 1.03. The summed E-state index contributed by atoms with van der Waals surface area (Å²) in [5.41, 5.74) is 0.929. The van der Waals surface area contributed by atoms with E-state index in [-0.39, 0.29) is 35.6 Å². The largest absolute Gasteiger partial charge is 0.616 e. The molecule has 0 spiro atoms. The van der Waals surface area contributed by atoms with Crippen molar-refractivity contribution in [3.63, 3.8) is 0 Å². The highest BCUT2D eigenvalue weighted by molar-refractivity contribution is 7.92. The Morgan fingerprint density at radius 3 is 2.39 bits per heavy atom. The highest BCUT2D eigenvalue weighted by atomic mass is 35.5. The van der Waals surface area contributed by atoms with Gasteiger partial charge in [-0.1, -0.05) is 61.3 Å². The number of esters is 1. The van der Waals surface area contributed by atoms with E-state index in [0.29, 0.717) is 28.6 Å². The first-order chi connectivity index (χ1) is 17.0. The van der Waals surface area contributed by atoms with Crippen LogP contribution >= 0.6 is 23.2 Å². The lowest BCUT2D eigenvalue weighted by Crippen LogP contribution is -2.57. The number of carbonyl (C=O) groups is 2. The molecule has 0 aromatic heterocycles. The van der Waals surface area contributed by atoms with Crippen LogP contribution in [0.15, 0.2) is 48.5 Å². The molecular weight excluding hydrogens is 517 g/mol. The third kappa shape index (κ3) is 6.39. The molecule has 1 amide bonds. The summed E-state index contributed by atoms with van der Waals surface area (Å²) >= 11 is 11.5. The molecule has 0 N–H and O–H groups in total. The van der Waals surface area contributed by atoms with Gasteiger partial charge >= 0.3 is 5.97 Å². The second-order valence-electron chi connectivity index (χ2n) is 10.0. The lowest BCUT2D eigenvalue weighted by atomic mass is 9.67. The first-order valence-electron chi connectivity index (χ1n) is 12.3. The number of nitrogens with zero attached hydrogens (tertiary/aromatic N) is 1. The predicted molar refractivity (Wildman–Crippen MR) is 147 cm³/mol. The minimum atomic E-state index is -1.12. The van der Waals surface area contributed by atoms with Gasteiger partial charge in [0.25, 0.3) is 0 Å². The van der Waals surface area contributed by atoms with E-state index < -0.39 is 22.6 Å². The standard InChI is InChI=1S/C28H35Cl2NO4S/c1-6-23(17-36(34)18(2)3)31-26(19-10-12-21(29)13-11-19)24(20-8-7-9-22(30)14-20)15-28(4,27(31)33)16-25(32)35-5/h7-14,18,23-24,26H,6,15-17H2,1-5H3/t23-,24+,26+,28+,36?/m0/s1. The molecule has 3 rings (SSSR count). The number of carbonyl (C=O) groups excluding carboxylic acids is 2. The zero-order chi connectivity index (χ0) is 26.6. The number of hydrogen-bond donors (Lipinski definition) is 0. The number of amides is 1. The lowest BCUT2D eigenvalue weighted by Gasteiger charge is -2.51. The molecule has 1 aliphatic heterocycles. The molecule has 5 nitrogen and oxygen atoms in total. The summed E-state index contributed by atoms with van der Waals surface area (Å²) < 4.78 is 18.0. The van der Waals surface area contributed by atoms with Crippen LogP contribution in [0.2, 0.25) is 10.0 Å². The monoisotopic (exact) mass is 551 g/mol. The zero-order valence-corrected chi connectivity index (χ0v) is 23.8. The van der Waals surface area contributed by atoms with E-state index in [4.69, 9.17) is 27.9 Å². The highest BCUT2D eigenvalue weighted by Crippen LogP contribution is 2.52. The number of halogens is 2. The molecule has 2 aromatic rings. The van der Waals surface area contributed by atoms with Crippen molar-refractivity contribution in [1.82, 2.24) is 4.90 Å². The summed E-state index contributed by atoms with van der Waals surface area (Å²) in [7, 11) is 1.34. The van der Waals surface area contributed by atoms with E-state index in [9.17, 15) is 14.1 Å². The molecule has 8 heteroatoms. The number of rotatable bonds is 9. The van der Waals surface area contributed by atoms with Crippen LogP contribution in [-0.4, -0.2) is 45.5 Å². The number of methoxy groups -OCH3 is 1. The van der Waals surface area contributed by atoms with Crippen molar-refractivity contribution < 1.29 is 18.9 Å². The quantitative estimate of drug-likeness (QED) is 0.261. The topological polar surface area (TPSA) is 69.7 Å². The van der Waals surface area contributed by atoms with Crippen molar-refractivity contribution in [3.8, 4) is 0 Å². The SMILES string of the molecule is CC[C@@H](C[S+]([O-])C(C)C)N1C(=O)[C@@](C)(CC(=O)OC)C[C@H](c2cccc(Cl)c2)[C@H]1c1ccc(Cl)cc1. The molecule has 1 aliphatic rings. The average molecular weight is 553 g/mol. The molecule has 0 radical (unpaired) electrons. The highest BCUT2D eigenvalue weighted by Gasteiger charge is 2.53. The molecule has 0 aliphatic carbocycles. The van der Waals surface area contributed by atoms with Gasteiger partial charge in [-0.15, -0.1) is 0 Å². The zero-order valence-electron chi connectivity index (χ0n) is 21.5. The van der Waals surface area contributed by atoms with Gasteiger partial charge in [0.05, 0.1) is 31.0 Å². The maximum absolute atomic E-state index is 14.3. The summed E-state index contributed by atoms with van der Waals surface area (Å²) in [5.74, 6) is -0.350. The molecule has 36 heavy (non-hydrogen) atoms. The summed E-state index contributed by atoms with van der Waals surface area (Å²) in [6.45, 7) is 7.69. The van der Waals surface area contributed by atoms with Gasteiger partial charge in [-0.25, -0.2) is 0 Å². The van der Waals surface area contributed by atoms with Gasteiger partial charge in [0, 0.05) is 16.0 Å². The Balaban J connectivity index is 2.22. The van der Waals surface area contributed by atoms with Crippen molar-refractivity contribution >= 4 is 46.3 Å². The molecule has 0 saturated carbocycles. The van der Waals surface area contributed by atoms with Gasteiger partial charge in [-0.05, 0) is 73.3 Å². The van der Waals surface area contributed by atoms with E-state index >= 15 is 0 Å². The van der Waals surface area contributed by atoms with Gasteiger partial charge in [-0.3, -0.25) is 9.59 Å². The van der Waals surface area contributed by atoms with Gasteiger partial charge < -0.3 is 14.2 Å². The molecule has 1 heterocycles. The fourth-order valence-corrected chi connectivity index (χ4v) is 6.60. The molecule has 1 unspecified atom stereocenters. The first-order valence-corrected chi connectivity index (χ1v) is 14.4. The van der Waals surface area contributed by atoms with Crippen molar-refractivity contribution in [2.45, 2.75) is 70.2 Å². The van der Waals surface area contributed by atoms with E-state index in [0.717, 1.165) is 11.1 Å². The van der Waals surface area contributed by atoms with Gasteiger partial charge in [-0.2, -0.15) is 0 Å². The van der Waals surface area contributed by atoms with Gasteiger partial charge in [0.15, 0.2) is 0 Å². The summed E-state index contributed by atoms with van der Waals surface area (Å²) in [5, 5.41) is 1.18. The summed E-state index contributed by atoms with van der Waals surface area (Å²) in [6, 6.07) is 14.6. The van der Waals surface area contributed by atoms with E-state index in [2.05, 4.69) is 0 Å². The smallest absolute Gasteiger partial charge is 0.306 e. The van der Waals surface area contributed by atoms with E-state index in [1.165, 1.54) is 7.11 Å².